The van der Waals surface area contributed by atoms with E-state index in [0.717, 1.165) is 52.0 Å². The summed E-state index contributed by atoms with van der Waals surface area (Å²) in [5, 5.41) is 4.05. The van der Waals surface area contributed by atoms with Gasteiger partial charge in [0.2, 0.25) is 0 Å². The monoisotopic (exact) mass is 289 g/mol. The number of nitrogens with zero attached hydrogens (tertiary/aromatic N) is 2. The summed E-state index contributed by atoms with van der Waals surface area (Å²) in [4.78, 5) is 9.30. The van der Waals surface area contributed by atoms with Crippen LogP contribution in [0.2, 0.25) is 5.02 Å². The van der Waals surface area contributed by atoms with Gasteiger partial charge in [-0.05, 0) is 38.8 Å². The van der Waals surface area contributed by atoms with Gasteiger partial charge in [0.25, 0.3) is 0 Å². The van der Waals surface area contributed by atoms with Gasteiger partial charge in [0, 0.05) is 28.4 Å². The largest absolute Gasteiger partial charge is 0.370 e. The standard InChI is InChI=1S/C16H20ClN3/c1-5-14-11(4)15(18-6-2)20-16(19-14)12-8-7-10(3)13(17)9-12/h7-9H,5-6H2,1-4H3,(H,18,19,20). The molecule has 0 saturated heterocycles. The Kier molecular flexibility index (Phi) is 4.61. The van der Waals surface area contributed by atoms with Gasteiger partial charge in [-0.2, -0.15) is 0 Å². The molecule has 0 bridgehead atoms. The fourth-order valence-electron chi connectivity index (χ4n) is 2.11. The minimum Gasteiger partial charge on any atom is -0.370 e. The van der Waals surface area contributed by atoms with Crippen molar-refractivity contribution in [3.05, 3.63) is 40.0 Å². The molecule has 1 N–H and O–H groups in total. The maximum atomic E-state index is 6.20. The van der Waals surface area contributed by atoms with Crippen molar-refractivity contribution in [2.45, 2.75) is 34.1 Å². The molecule has 1 aromatic heterocycles. The van der Waals surface area contributed by atoms with Crippen molar-refractivity contribution in [2.75, 3.05) is 11.9 Å². The predicted octanol–water partition coefficient (Wildman–Crippen LogP) is 4.41. The van der Waals surface area contributed by atoms with E-state index < -0.39 is 0 Å². The Hall–Kier alpha value is -1.61. The summed E-state index contributed by atoms with van der Waals surface area (Å²) in [6, 6.07) is 5.94. The highest BCUT2D eigenvalue weighted by Gasteiger charge is 2.11. The smallest absolute Gasteiger partial charge is 0.161 e. The Bertz CT molecular complexity index is 623. The molecule has 0 unspecified atom stereocenters. The average molecular weight is 290 g/mol. The number of hydrogen-bond acceptors (Lipinski definition) is 3. The lowest BCUT2D eigenvalue weighted by Gasteiger charge is -2.13. The zero-order valence-corrected chi connectivity index (χ0v) is 13.2. The first-order chi connectivity index (χ1) is 9.56. The average Bonchev–Trinajstić information content (AvgIpc) is 2.44. The Morgan fingerprint density at radius 3 is 2.50 bits per heavy atom. The van der Waals surface area contributed by atoms with Crippen LogP contribution in [0.4, 0.5) is 5.82 Å². The minimum atomic E-state index is 0.727. The third kappa shape index (κ3) is 2.93. The summed E-state index contributed by atoms with van der Waals surface area (Å²) in [5.41, 5.74) is 4.21. The topological polar surface area (TPSA) is 37.8 Å². The number of halogens is 1. The highest BCUT2D eigenvalue weighted by atomic mass is 35.5. The zero-order chi connectivity index (χ0) is 14.7. The Morgan fingerprint density at radius 2 is 1.90 bits per heavy atom. The van der Waals surface area contributed by atoms with Gasteiger partial charge in [0.15, 0.2) is 5.82 Å². The van der Waals surface area contributed by atoms with Crippen LogP contribution >= 0.6 is 11.6 Å². The van der Waals surface area contributed by atoms with Gasteiger partial charge in [-0.25, -0.2) is 9.97 Å². The lowest BCUT2D eigenvalue weighted by molar-refractivity contribution is 0.970. The predicted molar refractivity (Wildman–Crippen MR) is 85.5 cm³/mol. The molecule has 0 atom stereocenters. The van der Waals surface area contributed by atoms with Crippen LogP contribution < -0.4 is 5.32 Å². The van der Waals surface area contributed by atoms with Gasteiger partial charge in [0.05, 0.1) is 0 Å². The molecule has 0 amide bonds. The van der Waals surface area contributed by atoms with Gasteiger partial charge in [-0.3, -0.25) is 0 Å². The third-order valence-electron chi connectivity index (χ3n) is 3.36. The van der Waals surface area contributed by atoms with Crippen LogP contribution in [0.3, 0.4) is 0 Å². The first-order valence-corrected chi connectivity index (χ1v) is 7.32. The molecule has 3 nitrogen and oxygen atoms in total. The summed E-state index contributed by atoms with van der Waals surface area (Å²) in [6.45, 7) is 9.06. The van der Waals surface area contributed by atoms with E-state index in [1.54, 1.807) is 0 Å². The fourth-order valence-corrected chi connectivity index (χ4v) is 2.29. The van der Waals surface area contributed by atoms with E-state index in [2.05, 4.69) is 36.1 Å². The van der Waals surface area contributed by atoms with Crippen molar-refractivity contribution in [2.24, 2.45) is 0 Å². The van der Waals surface area contributed by atoms with E-state index in [4.69, 9.17) is 11.6 Å². The molecule has 1 heterocycles. The molecule has 20 heavy (non-hydrogen) atoms. The van der Waals surface area contributed by atoms with E-state index in [0.29, 0.717) is 0 Å². The molecule has 0 aliphatic heterocycles. The first-order valence-electron chi connectivity index (χ1n) is 6.94. The lowest BCUT2D eigenvalue weighted by Crippen LogP contribution is -2.07. The molecule has 0 radical (unpaired) electrons. The van der Waals surface area contributed by atoms with Crippen LogP contribution in [0.15, 0.2) is 18.2 Å². The van der Waals surface area contributed by atoms with Crippen molar-refractivity contribution >= 4 is 17.4 Å². The lowest BCUT2D eigenvalue weighted by atomic mass is 10.1. The minimum absolute atomic E-state index is 0.727. The summed E-state index contributed by atoms with van der Waals surface area (Å²) in [7, 11) is 0. The van der Waals surface area contributed by atoms with Gasteiger partial charge in [0.1, 0.15) is 5.82 Å². The molecular weight excluding hydrogens is 270 g/mol. The van der Waals surface area contributed by atoms with Crippen LogP contribution in [0.25, 0.3) is 11.4 Å². The van der Waals surface area contributed by atoms with Crippen molar-refractivity contribution in [3.63, 3.8) is 0 Å². The maximum absolute atomic E-state index is 6.20. The third-order valence-corrected chi connectivity index (χ3v) is 3.76. The second-order valence-electron chi connectivity index (χ2n) is 4.82. The van der Waals surface area contributed by atoms with Crippen LogP contribution in [-0.2, 0) is 6.42 Å². The van der Waals surface area contributed by atoms with Crippen LogP contribution in [0.1, 0.15) is 30.7 Å². The number of anilines is 1. The fraction of sp³-hybridized carbons (Fsp3) is 0.375. The molecule has 4 heteroatoms. The summed E-state index contributed by atoms with van der Waals surface area (Å²) in [5.74, 6) is 1.64. The number of aryl methyl sites for hydroxylation is 2. The molecule has 2 rings (SSSR count). The maximum Gasteiger partial charge on any atom is 0.161 e. The molecule has 2 aromatic rings. The van der Waals surface area contributed by atoms with Crippen LogP contribution in [0, 0.1) is 13.8 Å². The Labute approximate surface area is 125 Å². The Balaban J connectivity index is 2.55. The number of benzene rings is 1. The molecule has 0 aliphatic rings. The normalized spacial score (nSPS) is 10.7. The SMILES string of the molecule is CCNc1nc(-c2ccc(C)c(Cl)c2)nc(CC)c1C. The molecular formula is C16H20ClN3. The number of nitrogens with one attached hydrogen (secondary N) is 1. The van der Waals surface area contributed by atoms with Gasteiger partial charge in [-0.1, -0.05) is 30.7 Å². The van der Waals surface area contributed by atoms with E-state index >= 15 is 0 Å². The zero-order valence-electron chi connectivity index (χ0n) is 12.4. The summed E-state index contributed by atoms with van der Waals surface area (Å²) >= 11 is 6.20. The molecule has 0 fully saturated rings. The number of rotatable bonds is 4. The number of hydrogen-bond donors (Lipinski definition) is 1. The summed E-state index contributed by atoms with van der Waals surface area (Å²) < 4.78 is 0. The highest BCUT2D eigenvalue weighted by molar-refractivity contribution is 6.31. The second-order valence-corrected chi connectivity index (χ2v) is 5.22. The molecule has 0 saturated carbocycles. The van der Waals surface area contributed by atoms with Gasteiger partial charge in [-0.15, -0.1) is 0 Å². The van der Waals surface area contributed by atoms with E-state index in [9.17, 15) is 0 Å². The molecule has 0 spiro atoms. The van der Waals surface area contributed by atoms with Crippen LogP contribution in [0.5, 0.6) is 0 Å². The van der Waals surface area contributed by atoms with E-state index in [1.807, 2.05) is 25.1 Å². The Morgan fingerprint density at radius 1 is 1.15 bits per heavy atom. The van der Waals surface area contributed by atoms with E-state index in [1.165, 1.54) is 0 Å². The first kappa shape index (κ1) is 14.8. The number of aromatic nitrogens is 2. The van der Waals surface area contributed by atoms with Crippen molar-refractivity contribution in [3.8, 4) is 11.4 Å². The van der Waals surface area contributed by atoms with Gasteiger partial charge < -0.3 is 5.32 Å². The highest BCUT2D eigenvalue weighted by Crippen LogP contribution is 2.26. The molecule has 106 valence electrons. The van der Waals surface area contributed by atoms with Crippen LogP contribution in [-0.4, -0.2) is 16.5 Å². The summed E-state index contributed by atoms with van der Waals surface area (Å²) in [6.07, 6.45) is 0.888. The van der Waals surface area contributed by atoms with Crippen molar-refractivity contribution in [1.82, 2.24) is 9.97 Å². The quantitative estimate of drug-likeness (QED) is 0.906. The van der Waals surface area contributed by atoms with Crippen molar-refractivity contribution in [1.29, 1.82) is 0 Å². The van der Waals surface area contributed by atoms with Crippen molar-refractivity contribution < 1.29 is 0 Å². The van der Waals surface area contributed by atoms with E-state index in [-0.39, 0.29) is 0 Å². The van der Waals surface area contributed by atoms with Gasteiger partial charge >= 0.3 is 0 Å². The second kappa shape index (κ2) is 6.23. The molecule has 1 aromatic carbocycles. The molecule has 0 aliphatic carbocycles.